The topological polar surface area (TPSA) is 119 Å². The minimum absolute atomic E-state index is 0.0145. The zero-order valence-electron chi connectivity index (χ0n) is 13.0. The first-order valence-electron chi connectivity index (χ1n) is 7.72. The number of pyridine rings is 1. The first kappa shape index (κ1) is 16.6. The molecule has 0 saturated heterocycles. The van der Waals surface area contributed by atoms with Crippen molar-refractivity contribution in [2.75, 3.05) is 10.6 Å². The van der Waals surface area contributed by atoms with Gasteiger partial charge < -0.3 is 22.1 Å². The van der Waals surface area contributed by atoms with Gasteiger partial charge in [0.1, 0.15) is 10.8 Å². The van der Waals surface area contributed by atoms with E-state index in [1.54, 1.807) is 11.7 Å². The molecule has 0 unspecified atom stereocenters. The molecular weight excluding hydrogens is 331 g/mol. The summed E-state index contributed by atoms with van der Waals surface area (Å²) < 4.78 is 14.3. The van der Waals surface area contributed by atoms with Gasteiger partial charge in [0.05, 0.1) is 17.3 Å². The lowest BCUT2D eigenvalue weighted by Gasteiger charge is -2.30. The van der Waals surface area contributed by atoms with Gasteiger partial charge in [-0.3, -0.25) is 9.78 Å². The van der Waals surface area contributed by atoms with Gasteiger partial charge in [-0.15, -0.1) is 11.3 Å². The number of primary amides is 1. The fourth-order valence-corrected chi connectivity index (χ4v) is 3.29. The molecule has 0 bridgehead atoms. The molecule has 24 heavy (non-hydrogen) atoms. The number of anilines is 3. The summed E-state index contributed by atoms with van der Waals surface area (Å²) in [5.74, 6) is -1.12. The van der Waals surface area contributed by atoms with Crippen LogP contribution >= 0.6 is 11.3 Å². The van der Waals surface area contributed by atoms with Crippen LogP contribution in [0.3, 0.4) is 0 Å². The molecule has 1 aliphatic carbocycles. The fraction of sp³-hybridized carbons (Fsp3) is 0.400. The van der Waals surface area contributed by atoms with Gasteiger partial charge in [0.25, 0.3) is 5.91 Å². The molecule has 0 aromatic carbocycles. The Hall–Kier alpha value is -2.26. The lowest BCUT2D eigenvalue weighted by Crippen LogP contribution is -2.43. The molecule has 0 radical (unpaired) electrons. The van der Waals surface area contributed by atoms with Crippen LogP contribution in [0.1, 0.15) is 36.0 Å². The summed E-state index contributed by atoms with van der Waals surface area (Å²) in [6.45, 7) is 0. The smallest absolute Gasteiger partial charge is 0.252 e. The number of amides is 1. The van der Waals surface area contributed by atoms with E-state index in [0.717, 1.165) is 31.7 Å². The molecule has 128 valence electrons. The molecule has 3 rings (SSSR count). The van der Waals surface area contributed by atoms with Crippen molar-refractivity contribution in [1.29, 1.82) is 0 Å². The van der Waals surface area contributed by atoms with Crippen molar-refractivity contribution in [3.05, 3.63) is 29.2 Å². The van der Waals surface area contributed by atoms with Crippen LogP contribution in [0.15, 0.2) is 17.8 Å². The van der Waals surface area contributed by atoms with Crippen LogP contribution in [0.4, 0.5) is 21.0 Å². The van der Waals surface area contributed by atoms with Crippen molar-refractivity contribution < 1.29 is 9.18 Å². The van der Waals surface area contributed by atoms with Gasteiger partial charge in [-0.2, -0.15) is 0 Å². The van der Waals surface area contributed by atoms with E-state index in [-0.39, 0.29) is 29.3 Å². The molecule has 9 heteroatoms. The SMILES string of the molecule is NC(=O)c1cc(F)c(N[C@@H]2CCCC[C@@H]2N)nc1Nc1cncs1. The van der Waals surface area contributed by atoms with E-state index in [4.69, 9.17) is 11.5 Å². The van der Waals surface area contributed by atoms with Gasteiger partial charge in [0.15, 0.2) is 11.6 Å². The van der Waals surface area contributed by atoms with Crippen LogP contribution in [-0.4, -0.2) is 28.0 Å². The summed E-state index contributed by atoms with van der Waals surface area (Å²) >= 11 is 1.34. The molecular formula is C15H19FN6OS. The van der Waals surface area contributed by atoms with Crippen LogP contribution in [0.2, 0.25) is 0 Å². The van der Waals surface area contributed by atoms with Crippen molar-refractivity contribution in [2.45, 2.75) is 37.8 Å². The number of nitrogens with one attached hydrogen (secondary N) is 2. The Morgan fingerprint density at radius 1 is 1.33 bits per heavy atom. The van der Waals surface area contributed by atoms with Gasteiger partial charge in [-0.1, -0.05) is 12.8 Å². The minimum Gasteiger partial charge on any atom is -0.365 e. The third kappa shape index (κ3) is 3.62. The quantitative estimate of drug-likeness (QED) is 0.656. The summed E-state index contributed by atoms with van der Waals surface area (Å²) in [5.41, 5.74) is 13.0. The summed E-state index contributed by atoms with van der Waals surface area (Å²) in [4.78, 5) is 19.7. The van der Waals surface area contributed by atoms with Gasteiger partial charge >= 0.3 is 0 Å². The molecule has 6 N–H and O–H groups in total. The van der Waals surface area contributed by atoms with Crippen molar-refractivity contribution in [1.82, 2.24) is 9.97 Å². The lowest BCUT2D eigenvalue weighted by atomic mass is 9.91. The van der Waals surface area contributed by atoms with Gasteiger partial charge in [0.2, 0.25) is 0 Å². The number of carbonyl (C=O) groups excluding carboxylic acids is 1. The molecule has 1 aliphatic rings. The van der Waals surface area contributed by atoms with E-state index in [0.29, 0.717) is 5.00 Å². The number of carbonyl (C=O) groups is 1. The second-order valence-electron chi connectivity index (χ2n) is 5.77. The summed E-state index contributed by atoms with van der Waals surface area (Å²) in [5, 5.41) is 6.70. The number of hydrogen-bond acceptors (Lipinski definition) is 7. The number of thiazole rings is 1. The zero-order valence-corrected chi connectivity index (χ0v) is 13.8. The molecule has 2 aromatic heterocycles. The second-order valence-corrected chi connectivity index (χ2v) is 6.66. The van der Waals surface area contributed by atoms with Crippen LogP contribution in [0, 0.1) is 5.82 Å². The maximum absolute atomic E-state index is 14.3. The van der Waals surface area contributed by atoms with Gasteiger partial charge in [0, 0.05) is 12.1 Å². The Bertz CT molecular complexity index is 723. The van der Waals surface area contributed by atoms with Crippen molar-refractivity contribution in [3.63, 3.8) is 0 Å². The van der Waals surface area contributed by atoms with Crippen molar-refractivity contribution in [3.8, 4) is 0 Å². The van der Waals surface area contributed by atoms with Crippen LogP contribution in [0.5, 0.6) is 0 Å². The van der Waals surface area contributed by atoms with E-state index in [1.807, 2.05) is 0 Å². The minimum atomic E-state index is -0.755. The molecule has 2 atom stereocenters. The summed E-state index contributed by atoms with van der Waals surface area (Å²) in [7, 11) is 0. The fourth-order valence-electron chi connectivity index (χ4n) is 2.78. The van der Waals surface area contributed by atoms with Crippen LogP contribution < -0.4 is 22.1 Å². The molecule has 1 amide bonds. The number of aromatic nitrogens is 2. The molecule has 2 aromatic rings. The highest BCUT2D eigenvalue weighted by atomic mass is 32.1. The Labute approximate surface area is 142 Å². The number of hydrogen-bond donors (Lipinski definition) is 4. The zero-order chi connectivity index (χ0) is 17.1. The third-order valence-electron chi connectivity index (χ3n) is 4.06. The summed E-state index contributed by atoms with van der Waals surface area (Å²) in [6, 6.07) is 1.00. The van der Waals surface area contributed by atoms with E-state index in [1.165, 1.54) is 11.3 Å². The average Bonchev–Trinajstić information content (AvgIpc) is 3.05. The highest BCUT2D eigenvalue weighted by molar-refractivity contribution is 7.13. The van der Waals surface area contributed by atoms with Crippen LogP contribution in [-0.2, 0) is 0 Å². The highest BCUT2D eigenvalue weighted by Crippen LogP contribution is 2.27. The van der Waals surface area contributed by atoms with E-state index >= 15 is 0 Å². The Morgan fingerprint density at radius 2 is 2.12 bits per heavy atom. The number of rotatable bonds is 5. The molecule has 1 saturated carbocycles. The first-order chi connectivity index (χ1) is 11.5. The third-order valence-corrected chi connectivity index (χ3v) is 4.75. The van der Waals surface area contributed by atoms with Crippen molar-refractivity contribution >= 4 is 33.9 Å². The van der Waals surface area contributed by atoms with E-state index < -0.39 is 11.7 Å². The van der Waals surface area contributed by atoms with Gasteiger partial charge in [-0.25, -0.2) is 9.37 Å². The van der Waals surface area contributed by atoms with E-state index in [9.17, 15) is 9.18 Å². The Kier molecular flexibility index (Phi) is 4.91. The molecule has 1 fully saturated rings. The molecule has 7 nitrogen and oxygen atoms in total. The number of nitrogens with zero attached hydrogens (tertiary/aromatic N) is 2. The monoisotopic (exact) mass is 350 g/mol. The first-order valence-corrected chi connectivity index (χ1v) is 8.60. The predicted molar refractivity (Wildman–Crippen MR) is 92.0 cm³/mol. The second kappa shape index (κ2) is 7.10. The molecule has 0 spiro atoms. The Morgan fingerprint density at radius 3 is 2.79 bits per heavy atom. The normalized spacial score (nSPS) is 20.6. The van der Waals surface area contributed by atoms with Gasteiger partial charge in [-0.05, 0) is 18.9 Å². The van der Waals surface area contributed by atoms with Crippen molar-refractivity contribution in [2.24, 2.45) is 11.5 Å². The van der Waals surface area contributed by atoms with Crippen LogP contribution in [0.25, 0.3) is 0 Å². The molecule has 0 aliphatic heterocycles. The number of halogens is 1. The lowest BCUT2D eigenvalue weighted by molar-refractivity contribution is 0.100. The maximum Gasteiger partial charge on any atom is 0.252 e. The highest BCUT2D eigenvalue weighted by Gasteiger charge is 2.24. The van der Waals surface area contributed by atoms with E-state index in [2.05, 4.69) is 20.6 Å². The maximum atomic E-state index is 14.3. The molecule has 2 heterocycles. The predicted octanol–water partition coefficient (Wildman–Crippen LogP) is 2.20. The largest absolute Gasteiger partial charge is 0.365 e. The standard InChI is InChI=1S/C15H19FN6OS/c16-9-5-8(13(18)23)14(21-12-6-19-7-24-12)22-15(9)20-11-4-2-1-3-10(11)17/h5-7,10-11H,1-4,17H2,(H2,18,23)(H2,20,21,22)/t10-,11+/m0/s1. The Balaban J connectivity index is 1.90. The summed E-state index contributed by atoms with van der Waals surface area (Å²) in [6.07, 6.45) is 5.46. The number of nitrogens with two attached hydrogens (primary N) is 2. The average molecular weight is 350 g/mol.